The van der Waals surface area contributed by atoms with E-state index in [4.69, 9.17) is 4.74 Å². The number of methoxy groups -OCH3 is 1. The molecule has 1 N–H and O–H groups in total. The second-order valence-corrected chi connectivity index (χ2v) is 7.81. The van der Waals surface area contributed by atoms with Crippen LogP contribution in [0.1, 0.15) is 43.2 Å². The lowest BCUT2D eigenvalue weighted by Crippen LogP contribution is -2.46. The van der Waals surface area contributed by atoms with Gasteiger partial charge < -0.3 is 15.0 Å². The van der Waals surface area contributed by atoms with Gasteiger partial charge in [-0.3, -0.25) is 4.99 Å². The molecule has 1 aliphatic heterocycles. The predicted octanol–water partition coefficient (Wildman–Crippen LogP) is 3.97. The minimum absolute atomic E-state index is 0. The van der Waals surface area contributed by atoms with E-state index in [1.54, 1.807) is 7.11 Å². The predicted molar refractivity (Wildman–Crippen MR) is 120 cm³/mol. The SMILES string of the molecule is CN=C(NCC1(c2cccc(C)c2)CCCC1)N1CCC(COC)C1.I. The van der Waals surface area contributed by atoms with Gasteiger partial charge in [-0.05, 0) is 31.7 Å². The number of aliphatic imine (C=N–C) groups is 1. The Balaban J connectivity index is 0.00000243. The van der Waals surface area contributed by atoms with E-state index >= 15 is 0 Å². The van der Waals surface area contributed by atoms with Gasteiger partial charge in [0.1, 0.15) is 0 Å². The highest BCUT2D eigenvalue weighted by molar-refractivity contribution is 14.0. The van der Waals surface area contributed by atoms with Crippen LogP contribution < -0.4 is 5.32 Å². The second-order valence-electron chi connectivity index (χ2n) is 7.81. The molecule has 1 heterocycles. The molecule has 146 valence electrons. The number of benzene rings is 1. The summed E-state index contributed by atoms with van der Waals surface area (Å²) in [4.78, 5) is 6.95. The number of hydrogen-bond donors (Lipinski definition) is 1. The maximum Gasteiger partial charge on any atom is 0.193 e. The Kier molecular flexibility index (Phi) is 8.20. The lowest BCUT2D eigenvalue weighted by Gasteiger charge is -2.32. The van der Waals surface area contributed by atoms with Crippen molar-refractivity contribution in [1.82, 2.24) is 10.2 Å². The van der Waals surface area contributed by atoms with E-state index in [9.17, 15) is 0 Å². The first-order valence-corrected chi connectivity index (χ1v) is 9.68. The molecule has 1 saturated carbocycles. The molecule has 1 saturated heterocycles. The summed E-state index contributed by atoms with van der Waals surface area (Å²) in [5.41, 5.74) is 3.11. The van der Waals surface area contributed by atoms with E-state index in [1.165, 1.54) is 43.2 Å². The fourth-order valence-corrected chi connectivity index (χ4v) is 4.57. The summed E-state index contributed by atoms with van der Waals surface area (Å²) in [5, 5.41) is 3.71. The van der Waals surface area contributed by atoms with Crippen LogP contribution in [0.25, 0.3) is 0 Å². The molecule has 2 aliphatic rings. The van der Waals surface area contributed by atoms with Gasteiger partial charge in [0.15, 0.2) is 5.96 Å². The Bertz CT molecular complexity index is 599. The van der Waals surface area contributed by atoms with E-state index in [2.05, 4.69) is 46.4 Å². The molecule has 0 bridgehead atoms. The standard InChI is InChI=1S/C21H33N3O.HI/c1-17-7-6-8-19(13-17)21(10-4-5-11-21)16-23-20(22-2)24-12-9-18(14-24)15-25-3;/h6-8,13,18H,4-5,9-12,14-16H2,1-3H3,(H,22,23);1H. The van der Waals surface area contributed by atoms with Gasteiger partial charge >= 0.3 is 0 Å². The Labute approximate surface area is 175 Å². The van der Waals surface area contributed by atoms with Crippen LogP contribution >= 0.6 is 24.0 Å². The van der Waals surface area contributed by atoms with Crippen molar-refractivity contribution in [2.45, 2.75) is 44.4 Å². The van der Waals surface area contributed by atoms with Gasteiger partial charge in [0.2, 0.25) is 0 Å². The van der Waals surface area contributed by atoms with Gasteiger partial charge in [0.05, 0.1) is 6.61 Å². The number of guanidine groups is 1. The van der Waals surface area contributed by atoms with Gasteiger partial charge in [0, 0.05) is 45.1 Å². The number of rotatable bonds is 5. The van der Waals surface area contributed by atoms with Crippen molar-refractivity contribution in [3.05, 3.63) is 35.4 Å². The monoisotopic (exact) mass is 471 g/mol. The zero-order valence-electron chi connectivity index (χ0n) is 16.5. The Morgan fingerprint density at radius 2 is 2.12 bits per heavy atom. The van der Waals surface area contributed by atoms with Gasteiger partial charge in [0.25, 0.3) is 0 Å². The number of hydrogen-bond acceptors (Lipinski definition) is 2. The van der Waals surface area contributed by atoms with Crippen LogP contribution in [0.3, 0.4) is 0 Å². The second kappa shape index (κ2) is 9.93. The fourth-order valence-electron chi connectivity index (χ4n) is 4.57. The van der Waals surface area contributed by atoms with E-state index in [1.807, 2.05) is 7.05 Å². The third-order valence-corrected chi connectivity index (χ3v) is 5.98. The van der Waals surface area contributed by atoms with E-state index in [0.717, 1.165) is 32.2 Å². The first-order valence-electron chi connectivity index (χ1n) is 9.68. The van der Waals surface area contributed by atoms with Gasteiger partial charge in [-0.25, -0.2) is 0 Å². The number of halogens is 1. The molecule has 3 rings (SSSR count). The van der Waals surface area contributed by atoms with Crippen LogP contribution in [0, 0.1) is 12.8 Å². The fraction of sp³-hybridized carbons (Fsp3) is 0.667. The summed E-state index contributed by atoms with van der Waals surface area (Å²) in [7, 11) is 3.70. The van der Waals surface area contributed by atoms with E-state index in [-0.39, 0.29) is 29.4 Å². The highest BCUT2D eigenvalue weighted by Gasteiger charge is 2.36. The van der Waals surface area contributed by atoms with Crippen molar-refractivity contribution in [1.29, 1.82) is 0 Å². The molecule has 4 nitrogen and oxygen atoms in total. The van der Waals surface area contributed by atoms with Gasteiger partial charge in [-0.1, -0.05) is 42.7 Å². The molecule has 2 fully saturated rings. The van der Waals surface area contributed by atoms with Crippen molar-refractivity contribution in [2.24, 2.45) is 10.9 Å². The highest BCUT2D eigenvalue weighted by Crippen LogP contribution is 2.40. The van der Waals surface area contributed by atoms with Crippen LogP contribution in [-0.2, 0) is 10.2 Å². The minimum atomic E-state index is 0. The van der Waals surface area contributed by atoms with Crippen LogP contribution in [-0.4, -0.2) is 51.3 Å². The van der Waals surface area contributed by atoms with Gasteiger partial charge in [-0.2, -0.15) is 0 Å². The van der Waals surface area contributed by atoms with Crippen molar-refractivity contribution < 1.29 is 4.74 Å². The van der Waals surface area contributed by atoms with Crippen molar-refractivity contribution in [3.8, 4) is 0 Å². The summed E-state index contributed by atoms with van der Waals surface area (Å²) < 4.78 is 5.33. The van der Waals surface area contributed by atoms with Gasteiger partial charge in [-0.15, -0.1) is 24.0 Å². The molecule has 1 unspecified atom stereocenters. The Morgan fingerprint density at radius 1 is 1.35 bits per heavy atom. The largest absolute Gasteiger partial charge is 0.384 e. The first-order chi connectivity index (χ1) is 12.2. The van der Waals surface area contributed by atoms with Crippen LogP contribution in [0.2, 0.25) is 0 Å². The molecule has 1 aromatic carbocycles. The molecule has 0 radical (unpaired) electrons. The lowest BCUT2D eigenvalue weighted by molar-refractivity contribution is 0.157. The molecule has 0 amide bonds. The summed E-state index contributed by atoms with van der Waals surface area (Å²) in [6.45, 7) is 6.14. The normalized spacial score (nSPS) is 22.3. The smallest absolute Gasteiger partial charge is 0.193 e. The molecule has 5 heteroatoms. The van der Waals surface area contributed by atoms with E-state index in [0.29, 0.717) is 5.92 Å². The van der Waals surface area contributed by atoms with Crippen LogP contribution in [0.15, 0.2) is 29.3 Å². The summed E-state index contributed by atoms with van der Waals surface area (Å²) in [6.07, 6.45) is 6.39. The number of nitrogens with zero attached hydrogens (tertiary/aromatic N) is 2. The molecule has 1 aromatic rings. The molecule has 1 atom stereocenters. The van der Waals surface area contributed by atoms with Crippen LogP contribution in [0.5, 0.6) is 0 Å². The highest BCUT2D eigenvalue weighted by atomic mass is 127. The number of ether oxygens (including phenoxy) is 1. The van der Waals surface area contributed by atoms with Crippen LogP contribution in [0.4, 0.5) is 0 Å². The molecular weight excluding hydrogens is 437 g/mol. The summed E-state index contributed by atoms with van der Waals surface area (Å²) in [6, 6.07) is 9.08. The zero-order chi connectivity index (χ0) is 17.7. The number of likely N-dealkylation sites (tertiary alicyclic amines) is 1. The molecule has 0 spiro atoms. The lowest BCUT2D eigenvalue weighted by atomic mass is 9.78. The molecule has 26 heavy (non-hydrogen) atoms. The average Bonchev–Trinajstić information content (AvgIpc) is 3.27. The molecule has 0 aromatic heterocycles. The Hall–Kier alpha value is -0.820. The molecule has 1 aliphatic carbocycles. The first kappa shape index (κ1) is 21.5. The topological polar surface area (TPSA) is 36.9 Å². The molecular formula is C21H34IN3O. The minimum Gasteiger partial charge on any atom is -0.384 e. The quantitative estimate of drug-likeness (QED) is 0.401. The number of aryl methyl sites for hydroxylation is 1. The summed E-state index contributed by atoms with van der Waals surface area (Å²) in [5.74, 6) is 1.68. The van der Waals surface area contributed by atoms with Crippen molar-refractivity contribution in [3.63, 3.8) is 0 Å². The Morgan fingerprint density at radius 3 is 2.77 bits per heavy atom. The summed E-state index contributed by atoms with van der Waals surface area (Å²) >= 11 is 0. The third kappa shape index (κ3) is 4.91. The average molecular weight is 471 g/mol. The van der Waals surface area contributed by atoms with Crippen molar-refractivity contribution >= 4 is 29.9 Å². The van der Waals surface area contributed by atoms with Crippen molar-refractivity contribution in [2.75, 3.05) is 40.4 Å². The number of nitrogens with one attached hydrogen (secondary N) is 1. The van der Waals surface area contributed by atoms with E-state index < -0.39 is 0 Å². The zero-order valence-corrected chi connectivity index (χ0v) is 18.8. The maximum absolute atomic E-state index is 5.33. The maximum atomic E-state index is 5.33. The third-order valence-electron chi connectivity index (χ3n) is 5.98.